The van der Waals surface area contributed by atoms with Gasteiger partial charge < -0.3 is 4.90 Å². The van der Waals surface area contributed by atoms with Crippen LogP contribution in [0.5, 0.6) is 0 Å². The fourth-order valence-electron chi connectivity index (χ4n) is 4.14. The van der Waals surface area contributed by atoms with E-state index in [-0.39, 0.29) is 0 Å². The monoisotopic (exact) mass is 467 g/mol. The molecule has 0 atom stereocenters. The Morgan fingerprint density at radius 2 is 1.62 bits per heavy atom. The number of anilines is 1. The van der Waals surface area contributed by atoms with Gasteiger partial charge in [-0.25, -0.2) is 9.50 Å². The molecule has 0 N–H and O–H groups in total. The van der Waals surface area contributed by atoms with E-state index in [1.54, 1.807) is 18.5 Å². The van der Waals surface area contributed by atoms with Gasteiger partial charge in [-0.05, 0) is 50.2 Å². The maximum absolute atomic E-state index is 6.29. The standard InChI is InChI=1S/C23H23Cl2N7/c1-15(2)30-7-9-31(10-8-30)21-4-3-20-28-22(17-11-18(24)13-19(25)12-17)23(32(20)29-21)16-5-6-26-27-14-16/h3-6,11-15H,7-10H2,1-2H3. The van der Waals surface area contributed by atoms with Crippen molar-refractivity contribution in [2.24, 2.45) is 0 Å². The van der Waals surface area contributed by atoms with Crippen molar-refractivity contribution < 1.29 is 0 Å². The summed E-state index contributed by atoms with van der Waals surface area (Å²) in [5.74, 6) is 0.928. The normalized spacial score (nSPS) is 15.1. The number of imidazole rings is 1. The Kier molecular flexibility index (Phi) is 5.71. The quantitative estimate of drug-likeness (QED) is 0.433. The molecule has 32 heavy (non-hydrogen) atoms. The summed E-state index contributed by atoms with van der Waals surface area (Å²) in [6.07, 6.45) is 3.38. The summed E-state index contributed by atoms with van der Waals surface area (Å²) >= 11 is 12.6. The van der Waals surface area contributed by atoms with Gasteiger partial charge in [0.25, 0.3) is 0 Å². The Balaban J connectivity index is 1.62. The van der Waals surface area contributed by atoms with Crippen molar-refractivity contribution in [3.63, 3.8) is 0 Å². The summed E-state index contributed by atoms with van der Waals surface area (Å²) in [5.41, 5.74) is 4.01. The third-order valence-electron chi connectivity index (χ3n) is 5.83. The zero-order valence-electron chi connectivity index (χ0n) is 17.9. The predicted molar refractivity (Wildman–Crippen MR) is 128 cm³/mol. The van der Waals surface area contributed by atoms with Crippen LogP contribution in [-0.2, 0) is 0 Å². The highest BCUT2D eigenvalue weighted by Gasteiger charge is 2.22. The summed E-state index contributed by atoms with van der Waals surface area (Å²) in [7, 11) is 0. The lowest BCUT2D eigenvalue weighted by molar-refractivity contribution is 0.209. The molecule has 164 valence electrons. The number of benzene rings is 1. The molecule has 1 aromatic carbocycles. The van der Waals surface area contributed by atoms with Crippen LogP contribution in [0.3, 0.4) is 0 Å². The first-order valence-electron chi connectivity index (χ1n) is 10.6. The van der Waals surface area contributed by atoms with Crippen molar-refractivity contribution in [1.29, 1.82) is 0 Å². The highest BCUT2D eigenvalue weighted by Crippen LogP contribution is 2.35. The molecule has 0 saturated carbocycles. The summed E-state index contributed by atoms with van der Waals surface area (Å²) in [6.45, 7) is 8.40. The second kappa shape index (κ2) is 8.65. The first kappa shape index (κ1) is 21.1. The van der Waals surface area contributed by atoms with Crippen molar-refractivity contribution in [2.45, 2.75) is 19.9 Å². The van der Waals surface area contributed by atoms with E-state index in [0.29, 0.717) is 16.1 Å². The number of hydrogen-bond donors (Lipinski definition) is 0. The predicted octanol–water partition coefficient (Wildman–Crippen LogP) is 4.69. The van der Waals surface area contributed by atoms with Crippen LogP contribution in [0.15, 0.2) is 48.8 Å². The minimum Gasteiger partial charge on any atom is -0.353 e. The van der Waals surface area contributed by atoms with Crippen LogP contribution in [0.4, 0.5) is 5.82 Å². The molecule has 9 heteroatoms. The molecule has 0 amide bonds. The van der Waals surface area contributed by atoms with Gasteiger partial charge in [0, 0.05) is 53.4 Å². The van der Waals surface area contributed by atoms with E-state index in [1.807, 2.05) is 34.8 Å². The van der Waals surface area contributed by atoms with Crippen molar-refractivity contribution >= 4 is 34.7 Å². The molecule has 0 spiro atoms. The molecule has 0 aliphatic carbocycles. The lowest BCUT2D eigenvalue weighted by Gasteiger charge is -2.37. The average Bonchev–Trinajstić information content (AvgIpc) is 3.18. The second-order valence-corrected chi connectivity index (χ2v) is 9.05. The lowest BCUT2D eigenvalue weighted by Crippen LogP contribution is -2.49. The van der Waals surface area contributed by atoms with E-state index in [1.165, 1.54) is 0 Å². The van der Waals surface area contributed by atoms with E-state index in [0.717, 1.165) is 60.2 Å². The number of aromatic nitrogens is 5. The number of rotatable bonds is 4. The highest BCUT2D eigenvalue weighted by atomic mass is 35.5. The maximum atomic E-state index is 6.29. The van der Waals surface area contributed by atoms with E-state index in [9.17, 15) is 0 Å². The Bertz CT molecular complexity index is 1230. The SMILES string of the molecule is CC(C)N1CCN(c2ccc3nc(-c4cc(Cl)cc(Cl)c4)c(-c4ccnnc4)n3n2)CC1. The van der Waals surface area contributed by atoms with Crippen LogP contribution < -0.4 is 4.90 Å². The van der Waals surface area contributed by atoms with Gasteiger partial charge in [0.1, 0.15) is 11.5 Å². The number of piperazine rings is 1. The van der Waals surface area contributed by atoms with Crippen molar-refractivity contribution in [3.05, 3.63) is 58.8 Å². The van der Waals surface area contributed by atoms with Crippen molar-refractivity contribution in [2.75, 3.05) is 31.1 Å². The molecule has 4 heterocycles. The average molecular weight is 468 g/mol. The summed E-state index contributed by atoms with van der Waals surface area (Å²) in [6, 6.07) is 11.9. The van der Waals surface area contributed by atoms with Crippen LogP contribution in [0.25, 0.3) is 28.2 Å². The smallest absolute Gasteiger partial charge is 0.155 e. The fourth-order valence-corrected chi connectivity index (χ4v) is 4.67. The number of nitrogens with zero attached hydrogens (tertiary/aromatic N) is 7. The summed E-state index contributed by atoms with van der Waals surface area (Å²) in [4.78, 5) is 9.68. The third kappa shape index (κ3) is 4.03. The van der Waals surface area contributed by atoms with Crippen LogP contribution >= 0.6 is 23.2 Å². The Morgan fingerprint density at radius 1 is 0.875 bits per heavy atom. The highest BCUT2D eigenvalue weighted by molar-refractivity contribution is 6.35. The Labute approximate surface area is 196 Å². The van der Waals surface area contributed by atoms with Crippen LogP contribution in [0, 0.1) is 0 Å². The largest absolute Gasteiger partial charge is 0.353 e. The molecule has 3 aromatic heterocycles. The van der Waals surface area contributed by atoms with Gasteiger partial charge in [-0.1, -0.05) is 23.2 Å². The van der Waals surface area contributed by atoms with Crippen LogP contribution in [0.2, 0.25) is 10.0 Å². The molecule has 0 radical (unpaired) electrons. The van der Waals surface area contributed by atoms with Crippen molar-refractivity contribution in [3.8, 4) is 22.5 Å². The molecular weight excluding hydrogens is 445 g/mol. The van der Waals surface area contributed by atoms with E-state index in [4.69, 9.17) is 33.3 Å². The topological polar surface area (TPSA) is 62.5 Å². The molecule has 1 aliphatic rings. The Hall–Kier alpha value is -2.74. The zero-order chi connectivity index (χ0) is 22.2. The second-order valence-electron chi connectivity index (χ2n) is 8.18. The molecule has 4 aromatic rings. The number of halogens is 2. The molecule has 5 rings (SSSR count). The molecule has 1 fully saturated rings. The number of hydrogen-bond acceptors (Lipinski definition) is 6. The maximum Gasteiger partial charge on any atom is 0.155 e. The lowest BCUT2D eigenvalue weighted by atomic mass is 10.1. The molecule has 1 saturated heterocycles. The third-order valence-corrected chi connectivity index (χ3v) is 6.26. The summed E-state index contributed by atoms with van der Waals surface area (Å²) < 4.78 is 1.88. The van der Waals surface area contributed by atoms with E-state index in [2.05, 4.69) is 33.8 Å². The molecule has 0 bridgehead atoms. The van der Waals surface area contributed by atoms with Crippen LogP contribution in [-0.4, -0.2) is 61.9 Å². The van der Waals surface area contributed by atoms with Gasteiger partial charge in [0.15, 0.2) is 5.65 Å². The fraction of sp³-hybridized carbons (Fsp3) is 0.304. The minimum absolute atomic E-state index is 0.555. The van der Waals surface area contributed by atoms with Crippen LogP contribution in [0.1, 0.15) is 13.8 Å². The number of fused-ring (bicyclic) bond motifs is 1. The molecule has 1 aliphatic heterocycles. The van der Waals surface area contributed by atoms with Crippen molar-refractivity contribution in [1.82, 2.24) is 29.7 Å². The minimum atomic E-state index is 0.555. The van der Waals surface area contributed by atoms with E-state index >= 15 is 0 Å². The van der Waals surface area contributed by atoms with E-state index < -0.39 is 0 Å². The first-order chi connectivity index (χ1) is 15.5. The molecular formula is C23H23Cl2N7. The summed E-state index contributed by atoms with van der Waals surface area (Å²) in [5, 5.41) is 14.1. The van der Waals surface area contributed by atoms with Gasteiger partial charge in [-0.15, -0.1) is 5.10 Å². The van der Waals surface area contributed by atoms with Gasteiger partial charge in [-0.2, -0.15) is 10.2 Å². The molecule has 7 nitrogen and oxygen atoms in total. The molecule has 0 unspecified atom stereocenters. The van der Waals surface area contributed by atoms with Gasteiger partial charge in [0.2, 0.25) is 0 Å². The zero-order valence-corrected chi connectivity index (χ0v) is 19.4. The van der Waals surface area contributed by atoms with Gasteiger partial charge >= 0.3 is 0 Å². The van der Waals surface area contributed by atoms with Gasteiger partial charge in [-0.3, -0.25) is 4.90 Å². The van der Waals surface area contributed by atoms with Gasteiger partial charge in [0.05, 0.1) is 18.1 Å². The first-order valence-corrected chi connectivity index (χ1v) is 11.4. The Morgan fingerprint density at radius 3 is 2.28 bits per heavy atom.